The molecular formula is C8H13ClO2. The Labute approximate surface area is 71.9 Å². The third-order valence-electron chi connectivity index (χ3n) is 2.36. The molecule has 0 radical (unpaired) electrons. The second-order valence-electron chi connectivity index (χ2n) is 3.09. The van der Waals surface area contributed by atoms with Crippen molar-refractivity contribution in [1.82, 2.24) is 0 Å². The van der Waals surface area contributed by atoms with Crippen molar-refractivity contribution in [3.05, 3.63) is 0 Å². The predicted molar refractivity (Wildman–Crippen MR) is 43.3 cm³/mol. The highest BCUT2D eigenvalue weighted by Gasteiger charge is 2.30. The summed E-state index contributed by atoms with van der Waals surface area (Å²) in [6.07, 6.45) is 3.25. The van der Waals surface area contributed by atoms with E-state index in [0.29, 0.717) is 5.92 Å². The molecule has 0 aromatic heterocycles. The Morgan fingerprint density at radius 1 is 1.64 bits per heavy atom. The minimum atomic E-state index is -0.120. The number of hydrogen-bond acceptors (Lipinski definition) is 2. The van der Waals surface area contributed by atoms with Crippen molar-refractivity contribution >= 4 is 17.6 Å². The van der Waals surface area contributed by atoms with Crippen molar-refractivity contribution in [2.45, 2.75) is 26.2 Å². The first-order chi connectivity index (χ1) is 5.25. The topological polar surface area (TPSA) is 26.3 Å². The molecule has 0 saturated heterocycles. The van der Waals surface area contributed by atoms with Crippen LogP contribution in [0.15, 0.2) is 0 Å². The maximum atomic E-state index is 11.1. The fourth-order valence-corrected chi connectivity index (χ4v) is 1.76. The van der Waals surface area contributed by atoms with E-state index in [1.54, 1.807) is 0 Å². The molecule has 1 fully saturated rings. The van der Waals surface area contributed by atoms with Gasteiger partial charge in [0.05, 0.1) is 5.92 Å². The van der Waals surface area contributed by atoms with Gasteiger partial charge in [-0.05, 0) is 18.8 Å². The monoisotopic (exact) mass is 176 g/mol. The van der Waals surface area contributed by atoms with Crippen molar-refractivity contribution in [2.75, 3.05) is 6.07 Å². The van der Waals surface area contributed by atoms with Gasteiger partial charge in [-0.25, -0.2) is 0 Å². The fraction of sp³-hybridized carbons (Fsp3) is 0.875. The second-order valence-corrected chi connectivity index (χ2v) is 3.31. The maximum Gasteiger partial charge on any atom is 0.310 e. The highest BCUT2D eigenvalue weighted by Crippen LogP contribution is 2.31. The summed E-state index contributed by atoms with van der Waals surface area (Å²) < 4.78 is 4.72. The zero-order valence-corrected chi connectivity index (χ0v) is 7.43. The molecule has 2 unspecified atom stereocenters. The largest absolute Gasteiger partial charge is 0.449 e. The normalized spacial score (nSPS) is 30.4. The van der Waals surface area contributed by atoms with Gasteiger partial charge in [-0.15, -0.1) is 0 Å². The van der Waals surface area contributed by atoms with Crippen LogP contribution in [0.4, 0.5) is 0 Å². The molecule has 1 aliphatic carbocycles. The molecule has 64 valence electrons. The van der Waals surface area contributed by atoms with E-state index < -0.39 is 0 Å². The third-order valence-corrected chi connectivity index (χ3v) is 2.47. The van der Waals surface area contributed by atoms with Crippen LogP contribution in [0.1, 0.15) is 26.2 Å². The minimum Gasteiger partial charge on any atom is -0.449 e. The molecule has 2 atom stereocenters. The Bertz CT molecular complexity index is 147. The molecule has 1 saturated carbocycles. The number of ether oxygens (including phenoxy) is 1. The lowest BCUT2D eigenvalue weighted by Gasteiger charge is -2.12. The first-order valence-electron chi connectivity index (χ1n) is 3.98. The molecule has 0 heterocycles. The minimum absolute atomic E-state index is 0.0119. The van der Waals surface area contributed by atoms with Gasteiger partial charge in [0.2, 0.25) is 0 Å². The Hall–Kier alpha value is -0.240. The Morgan fingerprint density at radius 3 is 2.82 bits per heavy atom. The van der Waals surface area contributed by atoms with Gasteiger partial charge in [-0.2, -0.15) is 0 Å². The number of hydrogen-bond donors (Lipinski definition) is 0. The van der Waals surface area contributed by atoms with Gasteiger partial charge in [0.1, 0.15) is 0 Å². The van der Waals surface area contributed by atoms with Crippen molar-refractivity contribution in [3.63, 3.8) is 0 Å². The number of carbonyl (C=O) groups excluding carboxylic acids is 1. The summed E-state index contributed by atoms with van der Waals surface area (Å²) in [6.45, 7) is 2.09. The summed E-state index contributed by atoms with van der Waals surface area (Å²) in [5.74, 6) is 0.462. The molecule has 1 rings (SSSR count). The Morgan fingerprint density at radius 2 is 2.36 bits per heavy atom. The van der Waals surface area contributed by atoms with E-state index >= 15 is 0 Å². The lowest BCUT2D eigenvalue weighted by Crippen LogP contribution is -2.19. The summed E-state index contributed by atoms with van der Waals surface area (Å²) in [5, 5.41) is 0. The highest BCUT2D eigenvalue weighted by atomic mass is 35.5. The van der Waals surface area contributed by atoms with E-state index in [1.807, 2.05) is 0 Å². The number of carbonyl (C=O) groups is 1. The maximum absolute atomic E-state index is 11.1. The van der Waals surface area contributed by atoms with Crippen LogP contribution >= 0.6 is 11.6 Å². The average molecular weight is 177 g/mol. The average Bonchev–Trinajstić information content (AvgIpc) is 2.36. The molecular weight excluding hydrogens is 164 g/mol. The molecule has 0 spiro atoms. The molecule has 0 amide bonds. The quantitative estimate of drug-likeness (QED) is 0.476. The second kappa shape index (κ2) is 3.96. The van der Waals surface area contributed by atoms with Crippen LogP contribution in [0, 0.1) is 11.8 Å². The van der Waals surface area contributed by atoms with Crippen LogP contribution in [0.5, 0.6) is 0 Å². The van der Waals surface area contributed by atoms with Gasteiger partial charge in [-0.3, -0.25) is 4.79 Å². The van der Waals surface area contributed by atoms with Crippen molar-refractivity contribution in [2.24, 2.45) is 11.8 Å². The summed E-state index contributed by atoms with van der Waals surface area (Å²) in [6, 6.07) is -0.0119. The van der Waals surface area contributed by atoms with Gasteiger partial charge in [0.25, 0.3) is 0 Å². The van der Waals surface area contributed by atoms with Crippen molar-refractivity contribution in [1.29, 1.82) is 0 Å². The molecule has 11 heavy (non-hydrogen) atoms. The Balaban J connectivity index is 2.39. The van der Waals surface area contributed by atoms with E-state index in [9.17, 15) is 4.79 Å². The zero-order chi connectivity index (χ0) is 8.27. The number of alkyl halides is 1. The Kier molecular flexibility index (Phi) is 3.18. The fourth-order valence-electron chi connectivity index (χ4n) is 1.66. The van der Waals surface area contributed by atoms with Crippen LogP contribution in [0.25, 0.3) is 0 Å². The lowest BCUT2D eigenvalue weighted by molar-refractivity contribution is -0.147. The van der Waals surface area contributed by atoms with Crippen LogP contribution in [-0.4, -0.2) is 12.0 Å². The van der Waals surface area contributed by atoms with Crippen molar-refractivity contribution in [3.8, 4) is 0 Å². The first-order valence-corrected chi connectivity index (χ1v) is 4.51. The van der Waals surface area contributed by atoms with Crippen LogP contribution < -0.4 is 0 Å². The number of esters is 1. The molecule has 0 N–H and O–H groups in total. The highest BCUT2D eigenvalue weighted by molar-refractivity contribution is 6.17. The van der Waals surface area contributed by atoms with Crippen LogP contribution in [0.2, 0.25) is 0 Å². The third kappa shape index (κ3) is 2.09. The smallest absolute Gasteiger partial charge is 0.310 e. The molecule has 2 nitrogen and oxygen atoms in total. The lowest BCUT2D eigenvalue weighted by atomic mass is 9.99. The van der Waals surface area contributed by atoms with E-state index in [-0.39, 0.29) is 18.0 Å². The molecule has 0 aromatic carbocycles. The van der Waals surface area contributed by atoms with Gasteiger partial charge in [-0.1, -0.05) is 24.9 Å². The summed E-state index contributed by atoms with van der Waals surface area (Å²) >= 11 is 5.28. The predicted octanol–water partition coefficient (Wildman–Crippen LogP) is 2.16. The van der Waals surface area contributed by atoms with Crippen LogP contribution in [0.3, 0.4) is 0 Å². The molecule has 3 heteroatoms. The van der Waals surface area contributed by atoms with Gasteiger partial charge < -0.3 is 4.74 Å². The van der Waals surface area contributed by atoms with E-state index in [4.69, 9.17) is 16.3 Å². The van der Waals surface area contributed by atoms with Gasteiger partial charge in [0.15, 0.2) is 6.07 Å². The van der Waals surface area contributed by atoms with Crippen LogP contribution in [-0.2, 0) is 9.53 Å². The first kappa shape index (κ1) is 8.85. The van der Waals surface area contributed by atoms with E-state index in [2.05, 4.69) is 6.92 Å². The summed E-state index contributed by atoms with van der Waals surface area (Å²) in [7, 11) is 0. The number of rotatable bonds is 2. The van der Waals surface area contributed by atoms with Crippen molar-refractivity contribution < 1.29 is 9.53 Å². The molecule has 0 aliphatic heterocycles. The summed E-state index contributed by atoms with van der Waals surface area (Å²) in [5.41, 5.74) is 0. The standard InChI is InChI=1S/C8H13ClO2/c1-6-3-2-4-7(6)8(10)11-5-9/h6-7H,2-5H2,1H3. The zero-order valence-electron chi connectivity index (χ0n) is 6.68. The molecule has 1 aliphatic rings. The van der Waals surface area contributed by atoms with E-state index in [1.165, 1.54) is 0 Å². The van der Waals surface area contributed by atoms with Gasteiger partial charge >= 0.3 is 5.97 Å². The summed E-state index contributed by atoms with van der Waals surface area (Å²) in [4.78, 5) is 11.1. The van der Waals surface area contributed by atoms with Gasteiger partial charge in [0, 0.05) is 0 Å². The molecule has 0 bridgehead atoms. The molecule has 0 aromatic rings. The SMILES string of the molecule is CC1CCCC1C(=O)OCCl. The number of halogens is 1. The van der Waals surface area contributed by atoms with E-state index in [0.717, 1.165) is 19.3 Å².